The molecule has 3 unspecified atom stereocenters. The summed E-state index contributed by atoms with van der Waals surface area (Å²) in [4.78, 5) is 11.7. The summed E-state index contributed by atoms with van der Waals surface area (Å²) in [5, 5.41) is 8.53. The average molecular weight is 239 g/mol. The lowest BCUT2D eigenvalue weighted by Crippen LogP contribution is -2.48. The number of aliphatic carboxylic acids is 1. The van der Waals surface area contributed by atoms with Crippen molar-refractivity contribution >= 4 is 5.97 Å². The maximum atomic E-state index is 12.7. The Morgan fingerprint density at radius 1 is 1.50 bits per heavy atom. The largest absolute Gasteiger partial charge is 0.481 e. The Kier molecular flexibility index (Phi) is 3.83. The Morgan fingerprint density at radius 2 is 2.06 bits per heavy atom. The van der Waals surface area contributed by atoms with E-state index in [9.17, 15) is 18.0 Å². The molecule has 1 saturated heterocycles. The van der Waals surface area contributed by atoms with E-state index in [0.29, 0.717) is 13.0 Å². The van der Waals surface area contributed by atoms with Crippen molar-refractivity contribution in [3.63, 3.8) is 0 Å². The monoisotopic (exact) mass is 239 g/mol. The molecule has 94 valence electrons. The van der Waals surface area contributed by atoms with Crippen LogP contribution in [-0.4, -0.2) is 40.8 Å². The van der Waals surface area contributed by atoms with Crippen molar-refractivity contribution < 1.29 is 23.1 Å². The zero-order valence-corrected chi connectivity index (χ0v) is 9.29. The zero-order chi connectivity index (χ0) is 12.5. The molecule has 0 amide bonds. The van der Waals surface area contributed by atoms with E-state index < -0.39 is 24.6 Å². The Morgan fingerprint density at radius 3 is 2.38 bits per heavy atom. The number of alkyl halides is 3. The number of hydrogen-bond donors (Lipinski definition) is 1. The van der Waals surface area contributed by atoms with Gasteiger partial charge in [0.05, 0.1) is 6.42 Å². The number of carbonyl (C=O) groups is 1. The molecule has 0 aromatic rings. The molecular formula is C10H16F3NO2. The molecule has 0 bridgehead atoms. The van der Waals surface area contributed by atoms with Crippen LogP contribution in [0.3, 0.4) is 0 Å². The van der Waals surface area contributed by atoms with Crippen LogP contribution < -0.4 is 0 Å². The predicted octanol–water partition coefficient (Wildman–Crippen LogP) is 2.12. The van der Waals surface area contributed by atoms with Crippen LogP contribution in [0.2, 0.25) is 0 Å². The molecule has 0 spiro atoms. The first-order valence-corrected chi connectivity index (χ1v) is 5.26. The van der Waals surface area contributed by atoms with Gasteiger partial charge in [0.2, 0.25) is 0 Å². The van der Waals surface area contributed by atoms with Crippen molar-refractivity contribution in [2.45, 2.75) is 44.9 Å². The van der Waals surface area contributed by atoms with E-state index in [-0.39, 0.29) is 12.0 Å². The predicted molar refractivity (Wildman–Crippen MR) is 52.0 cm³/mol. The van der Waals surface area contributed by atoms with Crippen molar-refractivity contribution in [2.75, 3.05) is 6.54 Å². The molecule has 1 fully saturated rings. The second kappa shape index (κ2) is 4.61. The Bertz CT molecular complexity index is 267. The number of likely N-dealkylation sites (tertiary alicyclic amines) is 1. The molecule has 1 rings (SSSR count). The van der Waals surface area contributed by atoms with Crippen LogP contribution in [0, 0.1) is 5.92 Å². The van der Waals surface area contributed by atoms with Gasteiger partial charge in [-0.2, -0.15) is 13.2 Å². The molecule has 0 aromatic heterocycles. The highest BCUT2D eigenvalue weighted by atomic mass is 19.4. The van der Waals surface area contributed by atoms with E-state index >= 15 is 0 Å². The number of hydrogen-bond acceptors (Lipinski definition) is 2. The fourth-order valence-corrected chi connectivity index (χ4v) is 2.35. The number of carboxylic acids is 1. The van der Waals surface area contributed by atoms with Crippen LogP contribution in [0.15, 0.2) is 0 Å². The molecule has 0 aliphatic carbocycles. The van der Waals surface area contributed by atoms with Gasteiger partial charge in [0.15, 0.2) is 0 Å². The third-order valence-electron chi connectivity index (χ3n) is 2.98. The Balaban J connectivity index is 2.80. The van der Waals surface area contributed by atoms with Crippen molar-refractivity contribution in [3.05, 3.63) is 0 Å². The maximum absolute atomic E-state index is 12.7. The molecular weight excluding hydrogens is 223 g/mol. The van der Waals surface area contributed by atoms with Gasteiger partial charge in [-0.3, -0.25) is 9.69 Å². The molecule has 16 heavy (non-hydrogen) atoms. The van der Waals surface area contributed by atoms with Crippen LogP contribution in [0.1, 0.15) is 26.7 Å². The Labute approximate surface area is 92.2 Å². The third kappa shape index (κ3) is 3.10. The summed E-state index contributed by atoms with van der Waals surface area (Å²) in [6, 6.07) is -2.06. The van der Waals surface area contributed by atoms with Gasteiger partial charge in [-0.25, -0.2) is 0 Å². The van der Waals surface area contributed by atoms with Gasteiger partial charge in [-0.05, 0) is 19.3 Å². The van der Waals surface area contributed by atoms with E-state index in [1.807, 2.05) is 6.92 Å². The average Bonchev–Trinajstić information content (AvgIpc) is 2.38. The summed E-state index contributed by atoms with van der Waals surface area (Å²) in [5.41, 5.74) is 0. The van der Waals surface area contributed by atoms with E-state index in [1.54, 1.807) is 6.92 Å². The van der Waals surface area contributed by atoms with E-state index in [4.69, 9.17) is 5.11 Å². The number of rotatable bonds is 3. The van der Waals surface area contributed by atoms with Gasteiger partial charge in [-0.1, -0.05) is 6.92 Å². The number of nitrogens with zero attached hydrogens (tertiary/aromatic N) is 1. The van der Waals surface area contributed by atoms with Crippen LogP contribution in [-0.2, 0) is 4.79 Å². The fraction of sp³-hybridized carbons (Fsp3) is 0.900. The van der Waals surface area contributed by atoms with Crippen LogP contribution >= 0.6 is 0 Å². The summed E-state index contributed by atoms with van der Waals surface area (Å²) in [6.07, 6.45) is -4.66. The molecule has 1 aliphatic heterocycles. The minimum Gasteiger partial charge on any atom is -0.481 e. The van der Waals surface area contributed by atoms with Gasteiger partial charge in [0, 0.05) is 12.6 Å². The molecule has 6 heteroatoms. The van der Waals surface area contributed by atoms with Crippen molar-refractivity contribution in [3.8, 4) is 0 Å². The summed E-state index contributed by atoms with van der Waals surface area (Å²) in [5.74, 6) is -1.22. The molecule has 3 nitrogen and oxygen atoms in total. The normalized spacial score (nSPS) is 29.3. The maximum Gasteiger partial charge on any atom is 0.404 e. The van der Waals surface area contributed by atoms with Gasteiger partial charge < -0.3 is 5.11 Å². The third-order valence-corrected chi connectivity index (χ3v) is 2.98. The highest BCUT2D eigenvalue weighted by Gasteiger charge is 2.48. The molecule has 1 heterocycles. The van der Waals surface area contributed by atoms with Crippen molar-refractivity contribution in [1.82, 2.24) is 4.90 Å². The first kappa shape index (κ1) is 13.3. The minimum absolute atomic E-state index is 0.189. The molecule has 0 saturated carbocycles. The van der Waals surface area contributed by atoms with Gasteiger partial charge in [-0.15, -0.1) is 0 Å². The number of carboxylic acid groups (broad SMARTS) is 1. The molecule has 0 radical (unpaired) electrons. The highest BCUT2D eigenvalue weighted by Crippen LogP contribution is 2.34. The lowest BCUT2D eigenvalue weighted by Gasteiger charge is -2.31. The highest BCUT2D eigenvalue weighted by molar-refractivity contribution is 5.67. The van der Waals surface area contributed by atoms with Gasteiger partial charge in [0.25, 0.3) is 0 Å². The van der Waals surface area contributed by atoms with Crippen LogP contribution in [0.25, 0.3) is 0 Å². The number of halogens is 3. The van der Waals surface area contributed by atoms with Gasteiger partial charge in [0.1, 0.15) is 6.04 Å². The summed E-state index contributed by atoms with van der Waals surface area (Å²) < 4.78 is 38.2. The van der Waals surface area contributed by atoms with E-state index in [1.165, 1.54) is 4.90 Å². The molecule has 0 aromatic carbocycles. The van der Waals surface area contributed by atoms with E-state index in [2.05, 4.69) is 0 Å². The van der Waals surface area contributed by atoms with Crippen LogP contribution in [0.4, 0.5) is 13.2 Å². The lowest BCUT2D eigenvalue weighted by atomic mass is 10.1. The first-order valence-electron chi connectivity index (χ1n) is 5.26. The zero-order valence-electron chi connectivity index (χ0n) is 9.29. The smallest absolute Gasteiger partial charge is 0.404 e. The first-order chi connectivity index (χ1) is 7.21. The fourth-order valence-electron chi connectivity index (χ4n) is 2.35. The molecule has 1 aliphatic rings. The van der Waals surface area contributed by atoms with E-state index in [0.717, 1.165) is 0 Å². The van der Waals surface area contributed by atoms with Gasteiger partial charge >= 0.3 is 12.1 Å². The quantitative estimate of drug-likeness (QED) is 0.820. The van der Waals surface area contributed by atoms with Crippen LogP contribution in [0.5, 0.6) is 0 Å². The summed E-state index contributed by atoms with van der Waals surface area (Å²) >= 11 is 0. The second-order valence-corrected chi connectivity index (χ2v) is 4.54. The summed E-state index contributed by atoms with van der Waals surface area (Å²) in [7, 11) is 0. The SMILES string of the molecule is CC1CC(C)N(C(CC(=O)O)C(F)(F)F)C1. The minimum atomic E-state index is -4.48. The Hall–Kier alpha value is -0.780. The lowest BCUT2D eigenvalue weighted by molar-refractivity contribution is -0.192. The second-order valence-electron chi connectivity index (χ2n) is 4.54. The molecule has 3 atom stereocenters. The summed E-state index contributed by atoms with van der Waals surface area (Å²) in [6.45, 7) is 3.91. The standard InChI is InChI=1S/C10H16F3NO2/c1-6-3-7(2)14(5-6)8(4-9(15)16)10(11,12)13/h6-8H,3-5H2,1-2H3,(H,15,16). The van der Waals surface area contributed by atoms with Crippen molar-refractivity contribution in [1.29, 1.82) is 0 Å². The topological polar surface area (TPSA) is 40.5 Å². The van der Waals surface area contributed by atoms with Crippen molar-refractivity contribution in [2.24, 2.45) is 5.92 Å². The molecule has 1 N–H and O–H groups in total.